The maximum atomic E-state index is 14.1. The van der Waals surface area contributed by atoms with Gasteiger partial charge in [-0.2, -0.15) is 0 Å². The maximum absolute atomic E-state index is 14.1. The smallest absolute Gasteiger partial charge is 0.228 e. The van der Waals surface area contributed by atoms with Crippen molar-refractivity contribution in [2.75, 3.05) is 20.1 Å². The first-order chi connectivity index (χ1) is 13.6. The lowest BCUT2D eigenvalue weighted by Gasteiger charge is -2.34. The number of likely N-dealkylation sites (tertiary alicyclic amines) is 1. The number of nitrogens with one attached hydrogen (secondary N) is 1. The SMILES string of the molecule is CN[C@H]1CCN(C(=O)Cc2cc3cc(-c4cnccn4)ccc3cn2)C[C@@H]1F. The van der Waals surface area contributed by atoms with Crippen LogP contribution in [-0.2, 0) is 11.2 Å². The molecule has 1 amide bonds. The Balaban J connectivity index is 1.52. The number of benzene rings is 1. The molecular weight excluding hydrogens is 357 g/mol. The Morgan fingerprint density at radius 3 is 2.86 bits per heavy atom. The summed E-state index contributed by atoms with van der Waals surface area (Å²) in [5, 5.41) is 4.94. The Bertz CT molecular complexity index is 981. The molecule has 1 aromatic carbocycles. The Labute approximate surface area is 162 Å². The van der Waals surface area contributed by atoms with E-state index in [-0.39, 0.29) is 24.9 Å². The summed E-state index contributed by atoms with van der Waals surface area (Å²) >= 11 is 0. The van der Waals surface area contributed by atoms with Gasteiger partial charge in [-0.3, -0.25) is 19.7 Å². The molecule has 144 valence electrons. The van der Waals surface area contributed by atoms with Crippen LogP contribution in [0.4, 0.5) is 4.39 Å². The molecule has 0 spiro atoms. The minimum absolute atomic E-state index is 0.0888. The number of hydrogen-bond donors (Lipinski definition) is 1. The van der Waals surface area contributed by atoms with Crippen LogP contribution in [0.25, 0.3) is 22.0 Å². The largest absolute Gasteiger partial charge is 0.339 e. The molecule has 3 aromatic rings. The van der Waals surface area contributed by atoms with Crippen LogP contribution in [0.3, 0.4) is 0 Å². The second-order valence-electron chi connectivity index (χ2n) is 7.04. The van der Waals surface area contributed by atoms with E-state index in [0.717, 1.165) is 22.0 Å². The average molecular weight is 379 g/mol. The lowest BCUT2D eigenvalue weighted by atomic mass is 10.0. The van der Waals surface area contributed by atoms with Crippen LogP contribution in [0.1, 0.15) is 12.1 Å². The van der Waals surface area contributed by atoms with Crippen LogP contribution in [-0.4, -0.2) is 58.1 Å². The van der Waals surface area contributed by atoms with Gasteiger partial charge < -0.3 is 10.2 Å². The van der Waals surface area contributed by atoms with Crippen molar-refractivity contribution in [3.63, 3.8) is 0 Å². The molecule has 7 heteroatoms. The molecule has 0 aliphatic carbocycles. The van der Waals surface area contributed by atoms with Crippen LogP contribution >= 0.6 is 0 Å². The number of nitrogens with zero attached hydrogens (tertiary/aromatic N) is 4. The van der Waals surface area contributed by atoms with Crippen molar-refractivity contribution < 1.29 is 9.18 Å². The van der Waals surface area contributed by atoms with Crippen molar-refractivity contribution in [3.05, 3.63) is 54.7 Å². The molecular formula is C21H22FN5O. The molecule has 1 aliphatic rings. The van der Waals surface area contributed by atoms with Gasteiger partial charge in [0.25, 0.3) is 0 Å². The van der Waals surface area contributed by atoms with Crippen molar-refractivity contribution in [1.82, 2.24) is 25.2 Å². The highest BCUT2D eigenvalue weighted by molar-refractivity contribution is 5.87. The molecule has 0 bridgehead atoms. The second kappa shape index (κ2) is 7.98. The van der Waals surface area contributed by atoms with E-state index in [2.05, 4.69) is 20.3 Å². The topological polar surface area (TPSA) is 71.0 Å². The molecule has 0 radical (unpaired) electrons. The van der Waals surface area contributed by atoms with E-state index < -0.39 is 6.17 Å². The van der Waals surface area contributed by atoms with Gasteiger partial charge in [-0.25, -0.2) is 4.39 Å². The highest BCUT2D eigenvalue weighted by Crippen LogP contribution is 2.23. The minimum Gasteiger partial charge on any atom is -0.339 e. The maximum Gasteiger partial charge on any atom is 0.228 e. The normalized spacial score (nSPS) is 19.7. The number of carbonyl (C=O) groups is 1. The van der Waals surface area contributed by atoms with E-state index in [1.54, 1.807) is 36.7 Å². The van der Waals surface area contributed by atoms with Crippen LogP contribution < -0.4 is 5.32 Å². The number of carbonyl (C=O) groups excluding carboxylic acids is 1. The molecule has 1 N–H and O–H groups in total. The standard InChI is InChI=1S/C21H22FN5O/c1-23-19-4-7-27(13-18(19)22)21(28)10-17-9-16-8-14(2-3-15(16)11-26-17)20-12-24-5-6-25-20/h2-3,5-6,8-9,11-12,18-19,23H,4,7,10,13H2,1H3/t18-,19-/m0/s1. The fourth-order valence-electron chi connectivity index (χ4n) is 3.61. The first-order valence-corrected chi connectivity index (χ1v) is 9.38. The summed E-state index contributed by atoms with van der Waals surface area (Å²) in [6.45, 7) is 0.698. The van der Waals surface area contributed by atoms with Gasteiger partial charge in [0.2, 0.25) is 5.91 Å². The van der Waals surface area contributed by atoms with Crippen LogP contribution in [0.5, 0.6) is 0 Å². The first-order valence-electron chi connectivity index (χ1n) is 9.38. The average Bonchev–Trinajstić information content (AvgIpc) is 2.73. The van der Waals surface area contributed by atoms with Crippen LogP contribution in [0, 0.1) is 0 Å². The van der Waals surface area contributed by atoms with Gasteiger partial charge in [-0.1, -0.05) is 12.1 Å². The molecule has 3 heterocycles. The summed E-state index contributed by atoms with van der Waals surface area (Å²) in [5.41, 5.74) is 2.43. The van der Waals surface area contributed by atoms with Crippen molar-refractivity contribution >= 4 is 16.7 Å². The van der Waals surface area contributed by atoms with E-state index in [1.807, 2.05) is 24.3 Å². The fourth-order valence-corrected chi connectivity index (χ4v) is 3.61. The van der Waals surface area contributed by atoms with Crippen LogP contribution in [0.15, 0.2) is 49.1 Å². The van der Waals surface area contributed by atoms with Crippen molar-refractivity contribution in [3.8, 4) is 11.3 Å². The molecule has 1 saturated heterocycles. The second-order valence-corrected chi connectivity index (χ2v) is 7.04. The zero-order valence-electron chi connectivity index (χ0n) is 15.7. The van der Waals surface area contributed by atoms with Gasteiger partial charge in [-0.05, 0) is 31.0 Å². The number of fused-ring (bicyclic) bond motifs is 1. The molecule has 1 fully saturated rings. The summed E-state index contributed by atoms with van der Waals surface area (Å²) in [5.74, 6) is -0.0888. The summed E-state index contributed by atoms with van der Waals surface area (Å²) in [6.07, 6.45) is 6.53. The quantitative estimate of drug-likeness (QED) is 0.754. The zero-order valence-corrected chi connectivity index (χ0v) is 15.7. The monoisotopic (exact) mass is 379 g/mol. The summed E-state index contributed by atoms with van der Waals surface area (Å²) in [4.78, 5) is 27.1. The van der Waals surface area contributed by atoms with Crippen LogP contribution in [0.2, 0.25) is 0 Å². The summed E-state index contributed by atoms with van der Waals surface area (Å²) < 4.78 is 14.1. The predicted octanol–water partition coefficient (Wildman–Crippen LogP) is 2.39. The Morgan fingerprint density at radius 1 is 1.21 bits per heavy atom. The fraction of sp³-hybridized carbons (Fsp3) is 0.333. The third-order valence-electron chi connectivity index (χ3n) is 5.23. The zero-order chi connectivity index (χ0) is 19.5. The van der Waals surface area contributed by atoms with Crippen molar-refractivity contribution in [2.24, 2.45) is 0 Å². The third kappa shape index (κ3) is 3.84. The molecule has 2 atom stereocenters. The Morgan fingerprint density at radius 2 is 2.11 bits per heavy atom. The lowest BCUT2D eigenvalue weighted by Crippen LogP contribution is -2.51. The number of aromatic nitrogens is 3. The summed E-state index contributed by atoms with van der Waals surface area (Å²) in [6, 6.07) is 7.72. The van der Waals surface area contributed by atoms with Gasteiger partial charge in [-0.15, -0.1) is 0 Å². The predicted molar refractivity (Wildman–Crippen MR) is 105 cm³/mol. The number of piperidine rings is 1. The number of pyridine rings is 1. The lowest BCUT2D eigenvalue weighted by molar-refractivity contribution is -0.133. The molecule has 28 heavy (non-hydrogen) atoms. The van der Waals surface area contributed by atoms with Crippen molar-refractivity contribution in [1.29, 1.82) is 0 Å². The number of rotatable bonds is 4. The molecule has 6 nitrogen and oxygen atoms in total. The first kappa shape index (κ1) is 18.4. The molecule has 1 aliphatic heterocycles. The van der Waals surface area contributed by atoms with E-state index in [1.165, 1.54) is 0 Å². The van der Waals surface area contributed by atoms with Gasteiger partial charge in [0, 0.05) is 42.1 Å². The molecule has 2 aromatic heterocycles. The van der Waals surface area contributed by atoms with Crippen molar-refractivity contribution in [2.45, 2.75) is 25.1 Å². The Hall–Kier alpha value is -2.93. The molecule has 4 rings (SSSR count). The molecule has 0 saturated carbocycles. The van der Waals surface area contributed by atoms with Gasteiger partial charge in [0.05, 0.1) is 30.6 Å². The Kier molecular flexibility index (Phi) is 5.25. The summed E-state index contributed by atoms with van der Waals surface area (Å²) in [7, 11) is 1.75. The van der Waals surface area contributed by atoms with E-state index >= 15 is 0 Å². The van der Waals surface area contributed by atoms with E-state index in [0.29, 0.717) is 18.7 Å². The highest BCUT2D eigenvalue weighted by atomic mass is 19.1. The number of amides is 1. The number of halogens is 1. The van der Waals surface area contributed by atoms with E-state index in [9.17, 15) is 9.18 Å². The van der Waals surface area contributed by atoms with Gasteiger partial charge >= 0.3 is 0 Å². The van der Waals surface area contributed by atoms with Gasteiger partial charge in [0.15, 0.2) is 0 Å². The number of alkyl halides is 1. The van der Waals surface area contributed by atoms with Gasteiger partial charge in [0.1, 0.15) is 6.17 Å². The third-order valence-corrected chi connectivity index (χ3v) is 5.23. The number of hydrogen-bond acceptors (Lipinski definition) is 5. The van der Waals surface area contributed by atoms with E-state index in [4.69, 9.17) is 0 Å². The molecule has 0 unspecified atom stereocenters. The minimum atomic E-state index is -1.04. The highest BCUT2D eigenvalue weighted by Gasteiger charge is 2.30.